The van der Waals surface area contributed by atoms with Crippen LogP contribution in [0.2, 0.25) is 0 Å². The molecule has 1 aliphatic rings. The molecule has 1 aromatic carbocycles. The maximum atomic E-state index is 13.4. The third kappa shape index (κ3) is 4.66. The minimum atomic E-state index is -0.0950. The van der Waals surface area contributed by atoms with Crippen molar-refractivity contribution in [3.8, 4) is 5.69 Å². The second kappa shape index (κ2) is 9.22. The van der Waals surface area contributed by atoms with Gasteiger partial charge in [0, 0.05) is 19.6 Å². The second-order valence-electron chi connectivity index (χ2n) is 8.78. The lowest BCUT2D eigenvalue weighted by molar-refractivity contribution is -0.125. The Kier molecular flexibility index (Phi) is 6.41. The number of thiophene rings is 1. The minimum absolute atomic E-state index is 0.0534. The molecule has 1 N–H and O–H groups in total. The van der Waals surface area contributed by atoms with E-state index in [0.717, 1.165) is 42.6 Å². The van der Waals surface area contributed by atoms with Gasteiger partial charge < -0.3 is 10.2 Å². The number of benzene rings is 1. The van der Waals surface area contributed by atoms with Crippen LogP contribution in [-0.4, -0.2) is 35.1 Å². The SMILES string of the molecule is Cc1ccc(-n2c(N3CCC[C@H](C(=O)NCCC(C)C)C3)nc3ccsc3c2=O)cc1. The number of aromatic nitrogens is 2. The Morgan fingerprint density at radius 2 is 2.03 bits per heavy atom. The van der Waals surface area contributed by atoms with E-state index in [4.69, 9.17) is 4.98 Å². The van der Waals surface area contributed by atoms with Crippen LogP contribution < -0.4 is 15.8 Å². The molecule has 0 aliphatic carbocycles. The van der Waals surface area contributed by atoms with Gasteiger partial charge in [-0.05, 0) is 55.7 Å². The first-order valence-electron chi connectivity index (χ1n) is 11.0. The molecule has 2 aromatic heterocycles. The Labute approximate surface area is 186 Å². The van der Waals surface area contributed by atoms with Crippen molar-refractivity contribution < 1.29 is 4.79 Å². The van der Waals surface area contributed by atoms with Crippen LogP contribution in [0.3, 0.4) is 0 Å². The van der Waals surface area contributed by atoms with Crippen LogP contribution in [0.15, 0.2) is 40.5 Å². The number of aryl methyl sites for hydroxylation is 1. The normalized spacial score (nSPS) is 16.8. The fraction of sp³-hybridized carbons (Fsp3) is 0.458. The van der Waals surface area contributed by atoms with Crippen molar-refractivity contribution in [3.63, 3.8) is 0 Å². The Balaban J connectivity index is 1.66. The van der Waals surface area contributed by atoms with E-state index < -0.39 is 0 Å². The number of nitrogens with zero attached hydrogens (tertiary/aromatic N) is 3. The highest BCUT2D eigenvalue weighted by Gasteiger charge is 2.29. The van der Waals surface area contributed by atoms with E-state index in [1.807, 2.05) is 42.6 Å². The highest BCUT2D eigenvalue weighted by molar-refractivity contribution is 7.17. The summed E-state index contributed by atoms with van der Waals surface area (Å²) in [5.41, 5.74) is 2.61. The van der Waals surface area contributed by atoms with Crippen molar-refractivity contribution in [2.75, 3.05) is 24.5 Å². The molecule has 7 heteroatoms. The van der Waals surface area contributed by atoms with Gasteiger partial charge in [0.05, 0.1) is 17.1 Å². The largest absolute Gasteiger partial charge is 0.356 e. The van der Waals surface area contributed by atoms with Crippen molar-refractivity contribution in [2.45, 2.75) is 40.0 Å². The van der Waals surface area contributed by atoms with Crippen molar-refractivity contribution in [1.82, 2.24) is 14.9 Å². The molecular formula is C24H30N4O2S. The maximum Gasteiger partial charge on any atom is 0.277 e. The first-order chi connectivity index (χ1) is 14.9. The molecule has 3 heterocycles. The summed E-state index contributed by atoms with van der Waals surface area (Å²) in [5.74, 6) is 1.20. The number of anilines is 1. The van der Waals surface area contributed by atoms with E-state index in [0.29, 0.717) is 29.7 Å². The maximum absolute atomic E-state index is 13.4. The topological polar surface area (TPSA) is 67.2 Å². The summed E-state index contributed by atoms with van der Waals surface area (Å²) in [6, 6.07) is 9.82. The molecule has 3 aromatic rings. The lowest BCUT2D eigenvalue weighted by Gasteiger charge is -2.34. The quantitative estimate of drug-likeness (QED) is 0.628. The highest BCUT2D eigenvalue weighted by atomic mass is 32.1. The highest BCUT2D eigenvalue weighted by Crippen LogP contribution is 2.26. The van der Waals surface area contributed by atoms with Gasteiger partial charge in [-0.1, -0.05) is 31.5 Å². The van der Waals surface area contributed by atoms with E-state index in [-0.39, 0.29) is 17.4 Å². The number of rotatable bonds is 6. The van der Waals surface area contributed by atoms with Gasteiger partial charge >= 0.3 is 0 Å². The molecule has 0 bridgehead atoms. The average Bonchev–Trinajstić information content (AvgIpc) is 3.23. The Morgan fingerprint density at radius 3 is 2.77 bits per heavy atom. The van der Waals surface area contributed by atoms with Crippen LogP contribution >= 0.6 is 11.3 Å². The van der Waals surface area contributed by atoms with Gasteiger partial charge in [-0.15, -0.1) is 11.3 Å². The van der Waals surface area contributed by atoms with Crippen LogP contribution in [0.1, 0.15) is 38.7 Å². The van der Waals surface area contributed by atoms with E-state index in [1.165, 1.54) is 11.3 Å². The molecule has 0 unspecified atom stereocenters. The Morgan fingerprint density at radius 1 is 1.26 bits per heavy atom. The molecule has 1 saturated heterocycles. The van der Waals surface area contributed by atoms with Crippen molar-refractivity contribution in [1.29, 1.82) is 0 Å². The van der Waals surface area contributed by atoms with Crippen LogP contribution in [0.5, 0.6) is 0 Å². The predicted molar refractivity (Wildman–Crippen MR) is 127 cm³/mol. The van der Waals surface area contributed by atoms with Gasteiger partial charge in [0.25, 0.3) is 5.56 Å². The summed E-state index contributed by atoms with van der Waals surface area (Å²) in [4.78, 5) is 33.1. The summed E-state index contributed by atoms with van der Waals surface area (Å²) in [6.07, 6.45) is 2.73. The molecule has 4 rings (SSSR count). The van der Waals surface area contributed by atoms with Crippen molar-refractivity contribution in [2.24, 2.45) is 11.8 Å². The molecule has 164 valence electrons. The third-order valence-electron chi connectivity index (χ3n) is 5.85. The molecule has 0 radical (unpaired) electrons. The van der Waals surface area contributed by atoms with Gasteiger partial charge in [-0.2, -0.15) is 0 Å². The number of carbonyl (C=O) groups excluding carboxylic acids is 1. The number of carbonyl (C=O) groups is 1. The summed E-state index contributed by atoms with van der Waals surface area (Å²) in [5, 5.41) is 5.00. The zero-order chi connectivity index (χ0) is 22.0. The fourth-order valence-electron chi connectivity index (χ4n) is 4.04. The molecule has 0 saturated carbocycles. The van der Waals surface area contributed by atoms with Gasteiger partial charge in [0.15, 0.2) is 0 Å². The number of piperidine rings is 1. The first-order valence-corrected chi connectivity index (χ1v) is 11.9. The number of hydrogen-bond donors (Lipinski definition) is 1. The number of hydrogen-bond acceptors (Lipinski definition) is 5. The average molecular weight is 439 g/mol. The molecule has 1 fully saturated rings. The second-order valence-corrected chi connectivity index (χ2v) is 9.70. The summed E-state index contributed by atoms with van der Waals surface area (Å²) in [7, 11) is 0. The number of nitrogens with one attached hydrogen (secondary N) is 1. The molecule has 6 nitrogen and oxygen atoms in total. The van der Waals surface area contributed by atoms with E-state index in [9.17, 15) is 9.59 Å². The Hall–Kier alpha value is -2.67. The van der Waals surface area contributed by atoms with Crippen LogP contribution in [0.25, 0.3) is 15.9 Å². The smallest absolute Gasteiger partial charge is 0.277 e. The monoisotopic (exact) mass is 438 g/mol. The lowest BCUT2D eigenvalue weighted by atomic mass is 9.97. The predicted octanol–water partition coefficient (Wildman–Crippen LogP) is 4.13. The van der Waals surface area contributed by atoms with E-state index in [2.05, 4.69) is 24.1 Å². The van der Waals surface area contributed by atoms with E-state index in [1.54, 1.807) is 4.57 Å². The van der Waals surface area contributed by atoms with Crippen molar-refractivity contribution in [3.05, 3.63) is 51.6 Å². The molecular weight excluding hydrogens is 408 g/mol. The van der Waals surface area contributed by atoms with Gasteiger partial charge in [-0.25, -0.2) is 9.55 Å². The van der Waals surface area contributed by atoms with Gasteiger partial charge in [0.2, 0.25) is 11.9 Å². The molecule has 1 amide bonds. The number of amides is 1. The van der Waals surface area contributed by atoms with Gasteiger partial charge in [0.1, 0.15) is 4.70 Å². The zero-order valence-electron chi connectivity index (χ0n) is 18.4. The zero-order valence-corrected chi connectivity index (χ0v) is 19.2. The van der Waals surface area contributed by atoms with Gasteiger partial charge in [-0.3, -0.25) is 9.59 Å². The van der Waals surface area contributed by atoms with Crippen LogP contribution in [-0.2, 0) is 4.79 Å². The number of fused-ring (bicyclic) bond motifs is 1. The summed E-state index contributed by atoms with van der Waals surface area (Å²) >= 11 is 1.42. The fourth-order valence-corrected chi connectivity index (χ4v) is 4.80. The summed E-state index contributed by atoms with van der Waals surface area (Å²) < 4.78 is 2.36. The molecule has 0 spiro atoms. The lowest BCUT2D eigenvalue weighted by Crippen LogP contribution is -2.45. The van der Waals surface area contributed by atoms with Crippen LogP contribution in [0, 0.1) is 18.8 Å². The van der Waals surface area contributed by atoms with E-state index >= 15 is 0 Å². The van der Waals surface area contributed by atoms with Crippen LogP contribution in [0.4, 0.5) is 5.95 Å². The third-order valence-corrected chi connectivity index (χ3v) is 6.74. The molecule has 1 atom stereocenters. The molecule has 1 aliphatic heterocycles. The minimum Gasteiger partial charge on any atom is -0.356 e. The molecule has 31 heavy (non-hydrogen) atoms. The Bertz CT molecular complexity index is 1120. The summed E-state index contributed by atoms with van der Waals surface area (Å²) in [6.45, 7) is 8.41. The first kappa shape index (κ1) is 21.6. The standard InChI is InChI=1S/C24H30N4O2S/c1-16(2)10-12-25-22(29)18-5-4-13-27(15-18)24-26-20-11-14-31-21(20)23(30)28(24)19-8-6-17(3)7-9-19/h6-9,11,14,16,18H,4-5,10,12-13,15H2,1-3H3,(H,25,29)/t18-/m0/s1. The van der Waals surface area contributed by atoms with Crippen molar-refractivity contribution >= 4 is 33.4 Å².